The number of hydrogen-bond acceptors (Lipinski definition) is 3. The third kappa shape index (κ3) is 1.16. The van der Waals surface area contributed by atoms with Gasteiger partial charge >= 0.3 is 0 Å². The van der Waals surface area contributed by atoms with Crippen LogP contribution in [0.4, 0.5) is 0 Å². The number of nitrogens with two attached hydrogens (primary N) is 1. The van der Waals surface area contributed by atoms with Gasteiger partial charge in [-0.3, -0.25) is 4.40 Å². The summed E-state index contributed by atoms with van der Waals surface area (Å²) in [5.74, 6) is 1.72. The Labute approximate surface area is 94.0 Å². The number of hydrogen-bond donors (Lipinski definition) is 1. The van der Waals surface area contributed by atoms with E-state index < -0.39 is 0 Å². The second kappa shape index (κ2) is 3.22. The van der Waals surface area contributed by atoms with Gasteiger partial charge in [-0.1, -0.05) is 6.07 Å². The summed E-state index contributed by atoms with van der Waals surface area (Å²) in [4.78, 5) is 4.46. The van der Waals surface area contributed by atoms with Crippen molar-refractivity contribution in [3.63, 3.8) is 0 Å². The van der Waals surface area contributed by atoms with Crippen LogP contribution in [0.15, 0.2) is 24.4 Å². The first-order valence-electron chi connectivity index (χ1n) is 5.54. The third-order valence-electron chi connectivity index (χ3n) is 3.42. The van der Waals surface area contributed by atoms with E-state index in [1.807, 2.05) is 28.8 Å². The van der Waals surface area contributed by atoms with Crippen LogP contribution in [0.3, 0.4) is 0 Å². The molecule has 1 fully saturated rings. The van der Waals surface area contributed by atoms with Gasteiger partial charge in [0.25, 0.3) is 0 Å². The van der Waals surface area contributed by atoms with E-state index in [2.05, 4.69) is 4.98 Å². The Morgan fingerprint density at radius 2 is 2.25 bits per heavy atom. The lowest BCUT2D eigenvalue weighted by atomic mass is 9.77. The van der Waals surface area contributed by atoms with Crippen molar-refractivity contribution < 1.29 is 4.74 Å². The highest BCUT2D eigenvalue weighted by Crippen LogP contribution is 2.39. The van der Waals surface area contributed by atoms with Gasteiger partial charge in [-0.05, 0) is 31.4 Å². The van der Waals surface area contributed by atoms with E-state index in [1.54, 1.807) is 7.11 Å². The van der Waals surface area contributed by atoms with Crippen molar-refractivity contribution in [1.29, 1.82) is 0 Å². The number of pyridine rings is 1. The van der Waals surface area contributed by atoms with E-state index in [1.165, 1.54) is 6.42 Å². The van der Waals surface area contributed by atoms with Crippen LogP contribution in [0.5, 0.6) is 5.88 Å². The number of ether oxygens (including phenoxy) is 1. The molecule has 84 valence electrons. The minimum absolute atomic E-state index is 0.263. The van der Waals surface area contributed by atoms with Crippen LogP contribution in [0.1, 0.15) is 25.1 Å². The third-order valence-corrected chi connectivity index (χ3v) is 3.42. The van der Waals surface area contributed by atoms with Crippen LogP contribution < -0.4 is 10.5 Å². The minimum Gasteiger partial charge on any atom is -0.482 e. The lowest BCUT2D eigenvalue weighted by molar-refractivity contribution is 0.234. The SMILES string of the molecule is COc1cccc2cnc(C3(N)CCC3)n12. The van der Waals surface area contributed by atoms with E-state index in [4.69, 9.17) is 10.5 Å². The molecule has 2 N–H and O–H groups in total. The molecule has 0 amide bonds. The molecule has 0 atom stereocenters. The summed E-state index contributed by atoms with van der Waals surface area (Å²) < 4.78 is 7.37. The largest absolute Gasteiger partial charge is 0.482 e. The normalized spacial score (nSPS) is 18.4. The predicted octanol–water partition coefficient (Wildman–Crippen LogP) is 1.68. The molecule has 4 nitrogen and oxygen atoms in total. The number of imidazole rings is 1. The summed E-state index contributed by atoms with van der Waals surface area (Å²) in [5, 5.41) is 0. The van der Waals surface area contributed by atoms with E-state index in [0.717, 1.165) is 30.1 Å². The van der Waals surface area contributed by atoms with Crippen molar-refractivity contribution in [3.05, 3.63) is 30.2 Å². The highest BCUT2D eigenvalue weighted by Gasteiger charge is 2.38. The van der Waals surface area contributed by atoms with Crippen molar-refractivity contribution in [2.75, 3.05) is 7.11 Å². The minimum atomic E-state index is -0.263. The van der Waals surface area contributed by atoms with Crippen LogP contribution in [-0.4, -0.2) is 16.5 Å². The molecule has 0 radical (unpaired) electrons. The number of methoxy groups -OCH3 is 1. The zero-order chi connectivity index (χ0) is 11.2. The first-order chi connectivity index (χ1) is 7.74. The fourth-order valence-electron chi connectivity index (χ4n) is 2.31. The van der Waals surface area contributed by atoms with E-state index in [-0.39, 0.29) is 5.54 Å². The summed E-state index contributed by atoms with van der Waals surface area (Å²) >= 11 is 0. The van der Waals surface area contributed by atoms with Gasteiger partial charge in [0.1, 0.15) is 5.82 Å². The van der Waals surface area contributed by atoms with Crippen molar-refractivity contribution in [3.8, 4) is 5.88 Å². The maximum atomic E-state index is 6.32. The molecule has 16 heavy (non-hydrogen) atoms. The highest BCUT2D eigenvalue weighted by molar-refractivity contribution is 5.50. The number of nitrogens with zero attached hydrogens (tertiary/aromatic N) is 2. The van der Waals surface area contributed by atoms with Gasteiger partial charge in [0.05, 0.1) is 24.4 Å². The molecular weight excluding hydrogens is 202 g/mol. The van der Waals surface area contributed by atoms with Gasteiger partial charge < -0.3 is 10.5 Å². The summed E-state index contributed by atoms with van der Waals surface area (Å²) in [5.41, 5.74) is 7.09. The highest BCUT2D eigenvalue weighted by atomic mass is 16.5. The molecule has 0 spiro atoms. The molecule has 2 aromatic heterocycles. The number of aromatic nitrogens is 2. The van der Waals surface area contributed by atoms with Gasteiger partial charge in [-0.2, -0.15) is 0 Å². The Balaban J connectivity index is 2.25. The van der Waals surface area contributed by atoms with Crippen LogP contribution in [0.2, 0.25) is 0 Å². The Morgan fingerprint density at radius 3 is 2.88 bits per heavy atom. The van der Waals surface area contributed by atoms with E-state index in [9.17, 15) is 0 Å². The second-order valence-electron chi connectivity index (χ2n) is 4.42. The lowest BCUT2D eigenvalue weighted by Crippen LogP contribution is -2.45. The van der Waals surface area contributed by atoms with Gasteiger partial charge in [0.15, 0.2) is 5.88 Å². The van der Waals surface area contributed by atoms with Crippen molar-refractivity contribution in [2.45, 2.75) is 24.8 Å². The second-order valence-corrected chi connectivity index (χ2v) is 4.42. The number of fused-ring (bicyclic) bond motifs is 1. The molecule has 0 aliphatic heterocycles. The Hall–Kier alpha value is -1.55. The standard InChI is InChI=1S/C12H15N3O/c1-16-10-5-2-4-9-8-14-11(15(9)10)12(13)6-3-7-12/h2,4-5,8H,3,6-7,13H2,1H3. The molecule has 0 unspecified atom stereocenters. The summed E-state index contributed by atoms with van der Waals surface area (Å²) in [6, 6.07) is 5.91. The average molecular weight is 217 g/mol. The first-order valence-corrected chi connectivity index (χ1v) is 5.54. The van der Waals surface area contributed by atoms with Crippen molar-refractivity contribution in [2.24, 2.45) is 5.73 Å². The molecule has 1 aliphatic carbocycles. The van der Waals surface area contributed by atoms with Gasteiger partial charge in [-0.15, -0.1) is 0 Å². The summed E-state index contributed by atoms with van der Waals surface area (Å²) in [6.07, 6.45) is 5.04. The molecule has 2 heterocycles. The molecule has 2 aromatic rings. The fourth-order valence-corrected chi connectivity index (χ4v) is 2.31. The zero-order valence-corrected chi connectivity index (χ0v) is 9.31. The smallest absolute Gasteiger partial charge is 0.199 e. The summed E-state index contributed by atoms with van der Waals surface area (Å²) in [6.45, 7) is 0. The fraction of sp³-hybridized carbons (Fsp3) is 0.417. The molecule has 0 aromatic carbocycles. The quantitative estimate of drug-likeness (QED) is 0.832. The van der Waals surface area contributed by atoms with Crippen LogP contribution in [0, 0.1) is 0 Å². The van der Waals surface area contributed by atoms with Crippen LogP contribution >= 0.6 is 0 Å². The summed E-state index contributed by atoms with van der Waals surface area (Å²) in [7, 11) is 1.67. The van der Waals surface area contributed by atoms with Crippen molar-refractivity contribution >= 4 is 5.52 Å². The van der Waals surface area contributed by atoms with E-state index in [0.29, 0.717) is 0 Å². The van der Waals surface area contributed by atoms with Crippen LogP contribution in [0.25, 0.3) is 5.52 Å². The van der Waals surface area contributed by atoms with Gasteiger partial charge in [0.2, 0.25) is 0 Å². The monoisotopic (exact) mass is 217 g/mol. The molecular formula is C12H15N3O. The zero-order valence-electron chi connectivity index (χ0n) is 9.31. The van der Waals surface area contributed by atoms with E-state index >= 15 is 0 Å². The first kappa shape index (κ1) is 9.66. The Morgan fingerprint density at radius 1 is 1.44 bits per heavy atom. The molecule has 4 heteroatoms. The van der Waals surface area contributed by atoms with Crippen LogP contribution in [-0.2, 0) is 5.54 Å². The molecule has 3 rings (SSSR count). The predicted molar refractivity (Wildman–Crippen MR) is 61.5 cm³/mol. The average Bonchev–Trinajstić information content (AvgIpc) is 2.69. The van der Waals surface area contributed by atoms with Gasteiger partial charge in [-0.25, -0.2) is 4.98 Å². The lowest BCUT2D eigenvalue weighted by Gasteiger charge is -2.36. The van der Waals surface area contributed by atoms with Gasteiger partial charge in [0, 0.05) is 0 Å². The Kier molecular flexibility index (Phi) is 1.94. The van der Waals surface area contributed by atoms with Crippen molar-refractivity contribution in [1.82, 2.24) is 9.38 Å². The topological polar surface area (TPSA) is 52.5 Å². The number of rotatable bonds is 2. The maximum Gasteiger partial charge on any atom is 0.199 e. The molecule has 0 saturated heterocycles. The molecule has 1 aliphatic rings. The molecule has 1 saturated carbocycles. The molecule has 0 bridgehead atoms. The maximum absolute atomic E-state index is 6.32. The Bertz CT molecular complexity index is 528.